The number of pyridine rings is 6. The molecular weight excluding hydrogens is 2420 g/mol. The number of hydrogen-bond donors (Lipinski definition) is 2. The minimum atomic E-state index is -0.125. The third-order valence-electron chi connectivity index (χ3n) is 28.4. The monoisotopic (exact) mass is 2540 g/mol. The second-order valence-corrected chi connectivity index (χ2v) is 38.6. The first-order valence-corrected chi connectivity index (χ1v) is 48.9. The molecule has 14 heteroatoms. The largest absolute Gasteiger partial charge is 0.512 e. The maximum absolute atomic E-state index is 11.7. The number of aliphatic hydroxyl groups is 2. The summed E-state index contributed by atoms with van der Waals surface area (Å²) in [6.45, 7) is 21.4. The van der Waals surface area contributed by atoms with Gasteiger partial charge < -0.3 is 20.2 Å². The summed E-state index contributed by atoms with van der Waals surface area (Å²) in [5.74, 6) is 7.48. The predicted octanol–water partition coefficient (Wildman–Crippen LogP) is 30.5. The Morgan fingerprint density at radius 3 is 0.942 bits per heavy atom. The van der Waals surface area contributed by atoms with Crippen LogP contribution in [0.1, 0.15) is 215 Å². The fourth-order valence-corrected chi connectivity index (χ4v) is 21.2. The summed E-state index contributed by atoms with van der Waals surface area (Å²) in [5.41, 5.74) is 35.5. The van der Waals surface area contributed by atoms with Crippen molar-refractivity contribution in [1.29, 1.82) is 0 Å². The zero-order chi connectivity index (χ0) is 93.8. The van der Waals surface area contributed by atoms with E-state index in [0.29, 0.717) is 0 Å². The summed E-state index contributed by atoms with van der Waals surface area (Å²) >= 11 is 0. The van der Waals surface area contributed by atoms with Gasteiger partial charge in [-0.3, -0.25) is 29.5 Å². The maximum atomic E-state index is 11.7. The summed E-state index contributed by atoms with van der Waals surface area (Å²) in [5, 5.41) is 23.2. The molecule has 10 aromatic carbocycles. The van der Waals surface area contributed by atoms with Crippen molar-refractivity contribution in [3.05, 3.63) is 394 Å². The first-order chi connectivity index (χ1) is 65.6. The SMILES string of the molecule is CC(=O)C=C(C)O.CCC(CC)C(=O)C=C(O)C(CC)CC.Cc1[c-]c(-c2ccc3cc4c(cc3n2)C2CC(C4)C2)cc(C)c1.Cc1[c-]c(-c2ccc3cc4c(cc3n2)C2CC(C4)C2)cc(C)c1.Cc1cccc(-c2[c-]cccc2)n1.[Ir].[Ir].[Ir].[Ir].[c-]1ccccc1-c1ccc2cc3c(cc2n1)C1CC(C3)C1.[c-]1ccccc1-c1ccc2cc3c(cc2n1)C1CC(C3)C1.[c-]1ccccc1-c1ccccn1. The molecule has 0 amide bonds. The number of aromatic nitrogens is 6. The van der Waals surface area contributed by atoms with E-state index in [2.05, 4.69) is 208 Å². The van der Waals surface area contributed by atoms with E-state index in [0.717, 1.165) is 168 Å². The zero-order valence-corrected chi connectivity index (χ0v) is 90.9. The first kappa shape index (κ1) is 105. The molecule has 10 nitrogen and oxygen atoms in total. The average Bonchev–Trinajstić information content (AvgIpc) is 0.762. The van der Waals surface area contributed by atoms with Crippen molar-refractivity contribution in [1.82, 2.24) is 29.9 Å². The Kier molecular flexibility index (Phi) is 37.2. The summed E-state index contributed by atoms with van der Waals surface area (Å²) in [6.07, 6.45) is 24.1. The van der Waals surface area contributed by atoms with E-state index in [-0.39, 0.29) is 115 Å². The molecule has 6 heterocycles. The van der Waals surface area contributed by atoms with Gasteiger partial charge in [0, 0.05) is 116 Å². The number of rotatable bonds is 14. The van der Waals surface area contributed by atoms with Gasteiger partial charge in [-0.05, 0) is 332 Å². The van der Waals surface area contributed by atoms with E-state index >= 15 is 0 Å². The van der Waals surface area contributed by atoms with Crippen LogP contribution in [0.2, 0.25) is 0 Å². The van der Waals surface area contributed by atoms with Gasteiger partial charge in [0.05, 0.1) is 33.6 Å². The topological polar surface area (TPSA) is 152 Å². The molecule has 16 aromatic rings. The number of aliphatic hydroxyl groups excluding tert-OH is 2. The van der Waals surface area contributed by atoms with E-state index < -0.39 is 0 Å². The quantitative estimate of drug-likeness (QED) is 0.0611. The third kappa shape index (κ3) is 26.3. The van der Waals surface area contributed by atoms with Crippen molar-refractivity contribution >= 4 is 55.2 Å². The molecule has 0 saturated heterocycles. The second-order valence-electron chi connectivity index (χ2n) is 38.6. The number of allylic oxidation sites excluding steroid dienone is 4. The molecule has 2 N–H and O–H groups in total. The van der Waals surface area contributed by atoms with Crippen molar-refractivity contribution in [3.63, 3.8) is 0 Å². The molecule has 4 saturated carbocycles. The zero-order valence-electron chi connectivity index (χ0n) is 81.3. The van der Waals surface area contributed by atoms with E-state index in [1.54, 1.807) is 50.7 Å². The Bertz CT molecular complexity index is 6580. The third-order valence-corrected chi connectivity index (χ3v) is 28.4. The number of aryl methyl sites for hydroxylation is 5. The number of hydrogen-bond acceptors (Lipinski definition) is 10. The van der Waals surface area contributed by atoms with Crippen molar-refractivity contribution in [2.45, 2.75) is 203 Å². The normalized spacial score (nSPS) is 17.8. The number of carbonyl (C=O) groups excluding carboxylic acids is 2. The number of nitrogens with zero attached hydrogens (tertiary/aromatic N) is 6. The van der Waals surface area contributed by atoms with Crippen molar-refractivity contribution in [2.24, 2.45) is 35.5 Å². The first-order valence-electron chi connectivity index (χ1n) is 48.9. The smallest absolute Gasteiger partial charge is 0.162 e. The average molecular weight is 2540 g/mol. The maximum Gasteiger partial charge on any atom is 0.162 e. The summed E-state index contributed by atoms with van der Waals surface area (Å²) in [4.78, 5) is 50.0. The van der Waals surface area contributed by atoms with Crippen LogP contribution in [0.5, 0.6) is 0 Å². The minimum Gasteiger partial charge on any atom is -0.512 e. The van der Waals surface area contributed by atoms with Crippen LogP contribution in [0, 0.1) is 107 Å². The van der Waals surface area contributed by atoms with Crippen LogP contribution in [0.25, 0.3) is 111 Å². The van der Waals surface area contributed by atoms with Gasteiger partial charge in [0.25, 0.3) is 0 Å². The molecule has 0 atom stereocenters. The van der Waals surface area contributed by atoms with Gasteiger partial charge in [0.1, 0.15) is 0 Å². The van der Waals surface area contributed by atoms with E-state index in [9.17, 15) is 14.7 Å². The van der Waals surface area contributed by atoms with E-state index in [4.69, 9.17) is 25.0 Å². The molecule has 0 unspecified atom stereocenters. The summed E-state index contributed by atoms with van der Waals surface area (Å²) < 4.78 is 0. The molecule has 4 fully saturated rings. The molecule has 0 aliphatic heterocycles. The molecule has 4 radical (unpaired) electrons. The molecule has 139 heavy (non-hydrogen) atoms. The Balaban J connectivity index is 0.000000136. The number of benzene rings is 10. The molecule has 6 aromatic heterocycles. The summed E-state index contributed by atoms with van der Waals surface area (Å²) in [7, 11) is 0. The van der Waals surface area contributed by atoms with Gasteiger partial charge in [-0.1, -0.05) is 128 Å². The van der Waals surface area contributed by atoms with Crippen molar-refractivity contribution in [2.75, 3.05) is 0 Å². The van der Waals surface area contributed by atoms with Crippen LogP contribution in [-0.2, 0) is 116 Å². The number of carbonyl (C=O) groups is 2. The molecule has 8 bridgehead atoms. The Labute approximate surface area is 876 Å². The van der Waals surface area contributed by atoms with Gasteiger partial charge in [-0.15, -0.1) is 213 Å². The summed E-state index contributed by atoms with van der Waals surface area (Å²) in [6, 6.07) is 108. The molecule has 0 spiro atoms. The van der Waals surface area contributed by atoms with Crippen LogP contribution in [0.4, 0.5) is 0 Å². The second kappa shape index (κ2) is 49.0. The van der Waals surface area contributed by atoms with E-state index in [1.807, 2.05) is 156 Å². The number of fused-ring (bicyclic) bond motifs is 4. The van der Waals surface area contributed by atoms with Gasteiger partial charge in [0.2, 0.25) is 0 Å². The van der Waals surface area contributed by atoms with Crippen molar-refractivity contribution < 1.29 is 100 Å². The van der Waals surface area contributed by atoms with Gasteiger partial charge >= 0.3 is 0 Å². The Hall–Kier alpha value is -10.8. The van der Waals surface area contributed by atoms with Gasteiger partial charge in [-0.25, -0.2) is 0 Å². The fourth-order valence-electron chi connectivity index (χ4n) is 21.2. The molecule has 12 aliphatic rings. The number of ketones is 2. The molecule has 12 aliphatic carbocycles. The molecule has 28 rings (SSSR count). The Morgan fingerprint density at radius 1 is 0.345 bits per heavy atom. The predicted molar refractivity (Wildman–Crippen MR) is 552 cm³/mol. The van der Waals surface area contributed by atoms with Crippen LogP contribution < -0.4 is 0 Å². The van der Waals surface area contributed by atoms with Gasteiger partial charge in [-0.2, -0.15) is 0 Å². The van der Waals surface area contributed by atoms with Crippen LogP contribution in [0.15, 0.2) is 285 Å². The standard InChI is InChI=1S/2C22H20N.2C20H16N.C13H24O2.C12H10N.C11H8N.C5H8O2.4Ir/c2*1-13-5-14(2)7-19(6-13)21-4-3-16-11-18-10-15-8-17(9-15)20(18)12-22(16)23-21;2*1-2-4-14(5-3-1)19-7-6-15-11-17-10-13-8-16(9-13)18(17)12-20(15)21-19;1-5-10(6-2)12(14)9-13(15)11(7-3)8-4;1-10-6-5-9-12(13-10)11-7-3-2-4-8-11;1-2-6-10(7-3-1)11-8-4-5-9-12-11;1-4(6)3-5(2)7;;;;/h2*3-6,11-12,15,17H,8-10H2,1-2H3;2*1-4,6-7,11-13,16H,8-10H2;9-11,14H,5-8H2,1-4H3;2-7,9H,1H3;1-6,8-9H;3,6H,1-2H3;;;;/q4*-1;;2*-1;;;;;. The minimum absolute atomic E-state index is 0. The van der Waals surface area contributed by atoms with Gasteiger partial charge in [0.15, 0.2) is 11.6 Å². The van der Waals surface area contributed by atoms with Crippen LogP contribution in [-0.4, -0.2) is 51.7 Å². The van der Waals surface area contributed by atoms with Crippen LogP contribution >= 0.6 is 0 Å². The van der Waals surface area contributed by atoms with Crippen molar-refractivity contribution in [3.8, 4) is 67.5 Å². The van der Waals surface area contributed by atoms with Crippen LogP contribution in [0.3, 0.4) is 0 Å². The molecular formula is C125H122Ir4N6O4-6. The van der Waals surface area contributed by atoms with E-state index in [1.165, 1.54) is 147 Å². The fraction of sp³-hybridized carbons (Fsp3) is 0.296. The Morgan fingerprint density at radius 2 is 0.662 bits per heavy atom. The molecule has 718 valence electrons.